The summed E-state index contributed by atoms with van der Waals surface area (Å²) in [7, 11) is 0. The highest BCUT2D eigenvalue weighted by Crippen LogP contribution is 2.21. The Morgan fingerprint density at radius 2 is 2.16 bits per heavy atom. The van der Waals surface area contributed by atoms with E-state index < -0.39 is 0 Å². The molecule has 2 rings (SSSR count). The first-order chi connectivity index (χ1) is 9.24. The van der Waals surface area contributed by atoms with Crippen molar-refractivity contribution < 1.29 is 9.90 Å². The largest absolute Gasteiger partial charge is 0.396 e. The Morgan fingerprint density at radius 1 is 1.42 bits per heavy atom. The van der Waals surface area contributed by atoms with E-state index in [0.717, 1.165) is 38.0 Å². The van der Waals surface area contributed by atoms with Crippen LogP contribution >= 0.6 is 0 Å². The molecular formula is C14H21N3O2. The molecule has 1 aromatic rings. The zero-order chi connectivity index (χ0) is 13.7. The highest BCUT2D eigenvalue weighted by molar-refractivity contribution is 5.94. The van der Waals surface area contributed by atoms with Crippen LogP contribution in [0.2, 0.25) is 0 Å². The number of carbonyl (C=O) groups excluding carboxylic acids is 1. The lowest BCUT2D eigenvalue weighted by atomic mass is 9.94. The number of nitrogens with two attached hydrogens (primary N) is 1. The summed E-state index contributed by atoms with van der Waals surface area (Å²) in [6.07, 6.45) is 2.89. The highest BCUT2D eigenvalue weighted by atomic mass is 16.3. The lowest BCUT2D eigenvalue weighted by molar-refractivity contribution is 0.0653. The Morgan fingerprint density at radius 3 is 2.79 bits per heavy atom. The molecule has 5 nitrogen and oxygen atoms in total. The molecule has 0 aromatic heterocycles. The van der Waals surface area contributed by atoms with Crippen molar-refractivity contribution in [1.29, 1.82) is 0 Å². The number of benzene rings is 1. The molecule has 1 aliphatic heterocycles. The van der Waals surface area contributed by atoms with E-state index >= 15 is 0 Å². The molecule has 0 spiro atoms. The summed E-state index contributed by atoms with van der Waals surface area (Å²) < 4.78 is 0. The standard InChI is InChI=1S/C14H21N3O2/c15-16-13-5-3-12(4-6-13)14(19)17-8-1-2-11(10-17)7-9-18/h3-6,11,16,18H,1-2,7-10,15H2. The van der Waals surface area contributed by atoms with Crippen LogP contribution in [0.5, 0.6) is 0 Å². The molecule has 1 atom stereocenters. The minimum Gasteiger partial charge on any atom is -0.396 e. The molecule has 0 radical (unpaired) electrons. The maximum absolute atomic E-state index is 12.4. The van der Waals surface area contributed by atoms with Crippen LogP contribution in [0.25, 0.3) is 0 Å². The van der Waals surface area contributed by atoms with Crippen molar-refractivity contribution in [1.82, 2.24) is 4.90 Å². The summed E-state index contributed by atoms with van der Waals surface area (Å²) in [6, 6.07) is 7.16. The van der Waals surface area contributed by atoms with Crippen LogP contribution in [0.15, 0.2) is 24.3 Å². The van der Waals surface area contributed by atoms with Gasteiger partial charge in [0.2, 0.25) is 0 Å². The minimum atomic E-state index is 0.0613. The molecule has 5 heteroatoms. The lowest BCUT2D eigenvalue weighted by Gasteiger charge is -2.32. The maximum Gasteiger partial charge on any atom is 0.253 e. The average Bonchev–Trinajstić information content (AvgIpc) is 2.47. The van der Waals surface area contributed by atoms with E-state index in [1.165, 1.54) is 0 Å². The normalized spacial score (nSPS) is 19.3. The summed E-state index contributed by atoms with van der Waals surface area (Å²) in [5, 5.41) is 9.00. The van der Waals surface area contributed by atoms with Gasteiger partial charge in [0.25, 0.3) is 5.91 Å². The van der Waals surface area contributed by atoms with Gasteiger partial charge in [0, 0.05) is 30.9 Å². The third kappa shape index (κ3) is 3.45. The number of piperidine rings is 1. The molecule has 1 aliphatic rings. The fourth-order valence-electron chi connectivity index (χ4n) is 2.56. The van der Waals surface area contributed by atoms with Gasteiger partial charge in [0.1, 0.15) is 0 Å². The smallest absolute Gasteiger partial charge is 0.253 e. The number of hydrazine groups is 1. The van der Waals surface area contributed by atoms with Crippen LogP contribution in [0.1, 0.15) is 29.6 Å². The van der Waals surface area contributed by atoms with Crippen molar-refractivity contribution in [3.05, 3.63) is 29.8 Å². The van der Waals surface area contributed by atoms with Crippen LogP contribution in [0, 0.1) is 5.92 Å². The van der Waals surface area contributed by atoms with Crippen LogP contribution in [-0.4, -0.2) is 35.6 Å². The van der Waals surface area contributed by atoms with Gasteiger partial charge in [-0.2, -0.15) is 0 Å². The van der Waals surface area contributed by atoms with Gasteiger partial charge in [0.05, 0.1) is 0 Å². The number of nitrogens with one attached hydrogen (secondary N) is 1. The van der Waals surface area contributed by atoms with Crippen LogP contribution in [0.4, 0.5) is 5.69 Å². The van der Waals surface area contributed by atoms with Crippen molar-refractivity contribution in [2.45, 2.75) is 19.3 Å². The molecular weight excluding hydrogens is 242 g/mol. The second kappa shape index (κ2) is 6.54. The fraction of sp³-hybridized carbons (Fsp3) is 0.500. The molecule has 0 aliphatic carbocycles. The zero-order valence-corrected chi connectivity index (χ0v) is 11.0. The number of likely N-dealkylation sites (tertiary alicyclic amines) is 1. The number of hydrogen-bond donors (Lipinski definition) is 3. The Balaban J connectivity index is 2.01. The van der Waals surface area contributed by atoms with E-state index in [2.05, 4.69) is 5.43 Å². The van der Waals surface area contributed by atoms with Gasteiger partial charge < -0.3 is 15.4 Å². The van der Waals surface area contributed by atoms with Crippen LogP contribution < -0.4 is 11.3 Å². The third-order valence-corrected chi connectivity index (χ3v) is 3.64. The quantitative estimate of drug-likeness (QED) is 0.563. The topological polar surface area (TPSA) is 78.6 Å². The predicted molar refractivity (Wildman–Crippen MR) is 74.6 cm³/mol. The van der Waals surface area contributed by atoms with Gasteiger partial charge in [-0.05, 0) is 49.4 Å². The van der Waals surface area contributed by atoms with Gasteiger partial charge in [0.15, 0.2) is 0 Å². The molecule has 0 bridgehead atoms. The average molecular weight is 263 g/mol. The first kappa shape index (κ1) is 13.8. The number of nitrogens with zero attached hydrogens (tertiary/aromatic N) is 1. The van der Waals surface area contributed by atoms with Gasteiger partial charge in [-0.25, -0.2) is 0 Å². The molecule has 104 valence electrons. The summed E-state index contributed by atoms with van der Waals surface area (Å²) in [5.74, 6) is 5.79. The van der Waals surface area contributed by atoms with E-state index in [4.69, 9.17) is 10.9 Å². The van der Waals surface area contributed by atoms with E-state index in [9.17, 15) is 4.79 Å². The second-order valence-corrected chi connectivity index (χ2v) is 4.99. The SMILES string of the molecule is NNc1ccc(C(=O)N2CCCC(CCO)C2)cc1. The summed E-state index contributed by atoms with van der Waals surface area (Å²) in [5.41, 5.74) is 4.01. The Labute approximate surface area is 113 Å². The summed E-state index contributed by atoms with van der Waals surface area (Å²) in [6.45, 7) is 1.75. The van der Waals surface area contributed by atoms with E-state index in [1.54, 1.807) is 24.3 Å². The maximum atomic E-state index is 12.4. The number of rotatable bonds is 4. The second-order valence-electron chi connectivity index (χ2n) is 4.99. The summed E-state index contributed by atoms with van der Waals surface area (Å²) >= 11 is 0. The van der Waals surface area contributed by atoms with E-state index in [0.29, 0.717) is 11.5 Å². The number of anilines is 1. The number of carbonyl (C=O) groups is 1. The third-order valence-electron chi connectivity index (χ3n) is 3.64. The van der Waals surface area contributed by atoms with Crippen molar-refractivity contribution in [2.75, 3.05) is 25.1 Å². The molecule has 19 heavy (non-hydrogen) atoms. The number of hydrogen-bond acceptors (Lipinski definition) is 4. The Hall–Kier alpha value is -1.59. The number of aliphatic hydroxyl groups excluding tert-OH is 1. The van der Waals surface area contributed by atoms with E-state index in [-0.39, 0.29) is 12.5 Å². The van der Waals surface area contributed by atoms with Gasteiger partial charge in [-0.15, -0.1) is 0 Å². The molecule has 1 saturated heterocycles. The minimum absolute atomic E-state index is 0.0613. The molecule has 1 unspecified atom stereocenters. The van der Waals surface area contributed by atoms with Crippen molar-refractivity contribution in [2.24, 2.45) is 11.8 Å². The first-order valence-electron chi connectivity index (χ1n) is 6.71. The molecule has 1 fully saturated rings. The number of amides is 1. The van der Waals surface area contributed by atoms with Crippen LogP contribution in [-0.2, 0) is 0 Å². The van der Waals surface area contributed by atoms with Crippen molar-refractivity contribution in [3.8, 4) is 0 Å². The lowest BCUT2D eigenvalue weighted by Crippen LogP contribution is -2.40. The monoisotopic (exact) mass is 263 g/mol. The summed E-state index contributed by atoms with van der Waals surface area (Å²) in [4.78, 5) is 14.2. The highest BCUT2D eigenvalue weighted by Gasteiger charge is 2.23. The van der Waals surface area contributed by atoms with Crippen LogP contribution in [0.3, 0.4) is 0 Å². The van der Waals surface area contributed by atoms with Crippen molar-refractivity contribution in [3.63, 3.8) is 0 Å². The Bertz CT molecular complexity index is 417. The van der Waals surface area contributed by atoms with Crippen molar-refractivity contribution >= 4 is 11.6 Å². The van der Waals surface area contributed by atoms with Gasteiger partial charge >= 0.3 is 0 Å². The van der Waals surface area contributed by atoms with Gasteiger partial charge in [-0.3, -0.25) is 10.6 Å². The molecule has 0 saturated carbocycles. The Kier molecular flexibility index (Phi) is 4.76. The number of nitrogen functional groups attached to an aromatic ring is 1. The molecule has 1 heterocycles. The predicted octanol–water partition coefficient (Wildman–Crippen LogP) is 1.21. The van der Waals surface area contributed by atoms with E-state index in [1.807, 2.05) is 4.90 Å². The zero-order valence-electron chi connectivity index (χ0n) is 11.0. The molecule has 4 N–H and O–H groups in total. The first-order valence-corrected chi connectivity index (χ1v) is 6.71. The number of aliphatic hydroxyl groups is 1. The fourth-order valence-corrected chi connectivity index (χ4v) is 2.56. The molecule has 1 amide bonds. The van der Waals surface area contributed by atoms with Gasteiger partial charge in [-0.1, -0.05) is 0 Å². The molecule has 1 aromatic carbocycles.